The van der Waals surface area contributed by atoms with Crippen molar-refractivity contribution < 1.29 is 9.53 Å². The topological polar surface area (TPSA) is 68.2 Å². The van der Waals surface area contributed by atoms with Gasteiger partial charge in [0.1, 0.15) is 5.75 Å². The first kappa shape index (κ1) is 19.1. The van der Waals surface area contributed by atoms with E-state index in [9.17, 15) is 4.79 Å². The molecule has 0 aliphatic carbocycles. The molecule has 2 heterocycles. The monoisotopic (exact) mass is 388 g/mol. The van der Waals surface area contributed by atoms with Gasteiger partial charge in [-0.25, -0.2) is 0 Å². The number of benzene rings is 2. The third-order valence-corrected chi connectivity index (χ3v) is 5.20. The van der Waals surface area contributed by atoms with Gasteiger partial charge in [-0.3, -0.25) is 4.79 Å². The number of carbonyl (C=O) groups is 1. The van der Waals surface area contributed by atoms with Crippen LogP contribution in [0.2, 0.25) is 0 Å². The zero-order valence-corrected chi connectivity index (χ0v) is 16.8. The molecule has 0 N–H and O–H groups in total. The van der Waals surface area contributed by atoms with E-state index in [1.807, 2.05) is 43.0 Å². The number of aryl methyl sites for hydroxylation is 2. The standard InChI is InChI=1S/C23H24N4O2/c1-3-20-21(4-2)25-26-23(24-20)29-19-11-7-10-17(14-19)22(28)27-13-12-16-8-5-6-9-18(16)15-27/h5-11,14H,3-4,12-13,15H2,1-2H3. The second-order valence-corrected chi connectivity index (χ2v) is 7.07. The molecule has 6 heteroatoms. The molecule has 0 saturated heterocycles. The molecule has 6 nitrogen and oxygen atoms in total. The summed E-state index contributed by atoms with van der Waals surface area (Å²) in [5.41, 5.74) is 4.89. The molecule has 3 aromatic rings. The lowest BCUT2D eigenvalue weighted by Gasteiger charge is -2.29. The van der Waals surface area contributed by atoms with Gasteiger partial charge in [0, 0.05) is 18.7 Å². The van der Waals surface area contributed by atoms with E-state index in [4.69, 9.17) is 4.74 Å². The zero-order valence-electron chi connectivity index (χ0n) is 16.8. The molecule has 0 atom stereocenters. The number of hydrogen-bond acceptors (Lipinski definition) is 5. The normalized spacial score (nSPS) is 13.1. The van der Waals surface area contributed by atoms with Gasteiger partial charge < -0.3 is 9.64 Å². The second kappa shape index (κ2) is 8.39. The molecule has 0 unspecified atom stereocenters. The van der Waals surface area contributed by atoms with Crippen molar-refractivity contribution in [3.8, 4) is 11.8 Å². The second-order valence-electron chi connectivity index (χ2n) is 7.07. The predicted octanol–water partition coefficient (Wildman–Crippen LogP) is 3.99. The molecule has 2 aromatic carbocycles. The Morgan fingerprint density at radius 2 is 1.79 bits per heavy atom. The van der Waals surface area contributed by atoms with Gasteiger partial charge in [0.05, 0.1) is 11.4 Å². The molecule has 1 aromatic heterocycles. The van der Waals surface area contributed by atoms with Gasteiger partial charge in [-0.15, -0.1) is 5.10 Å². The van der Waals surface area contributed by atoms with Gasteiger partial charge in [-0.05, 0) is 48.6 Å². The van der Waals surface area contributed by atoms with Crippen molar-refractivity contribution in [2.24, 2.45) is 0 Å². The van der Waals surface area contributed by atoms with Crippen LogP contribution in [0.3, 0.4) is 0 Å². The molecule has 4 rings (SSSR count). The van der Waals surface area contributed by atoms with Crippen LogP contribution < -0.4 is 4.74 Å². The first-order valence-corrected chi connectivity index (χ1v) is 10.0. The summed E-state index contributed by atoms with van der Waals surface area (Å²) in [6.07, 6.45) is 2.43. The van der Waals surface area contributed by atoms with E-state index in [0.29, 0.717) is 24.4 Å². The minimum Gasteiger partial charge on any atom is -0.423 e. The number of ether oxygens (including phenoxy) is 1. The van der Waals surface area contributed by atoms with Gasteiger partial charge in [0.2, 0.25) is 0 Å². The van der Waals surface area contributed by atoms with Gasteiger partial charge in [-0.2, -0.15) is 4.98 Å². The molecular weight excluding hydrogens is 364 g/mol. The minimum atomic E-state index is -0.000394. The quantitative estimate of drug-likeness (QED) is 0.661. The fourth-order valence-electron chi connectivity index (χ4n) is 3.61. The Balaban J connectivity index is 1.51. The van der Waals surface area contributed by atoms with Crippen LogP contribution in [-0.2, 0) is 25.8 Å². The smallest absolute Gasteiger partial charge is 0.341 e. The SMILES string of the molecule is CCc1nnc(Oc2cccc(C(=O)N3CCc4ccccc4C3)c2)nc1CC. The van der Waals surface area contributed by atoms with Crippen molar-refractivity contribution in [1.29, 1.82) is 0 Å². The summed E-state index contributed by atoms with van der Waals surface area (Å²) in [5, 5.41) is 8.27. The Labute approximate surface area is 170 Å². The molecule has 0 radical (unpaired) electrons. The average molecular weight is 388 g/mol. The highest BCUT2D eigenvalue weighted by Gasteiger charge is 2.22. The summed E-state index contributed by atoms with van der Waals surface area (Å²) in [7, 11) is 0. The molecular formula is C23H24N4O2. The number of aromatic nitrogens is 3. The Kier molecular flexibility index (Phi) is 5.51. The van der Waals surface area contributed by atoms with E-state index < -0.39 is 0 Å². The third kappa shape index (κ3) is 4.11. The van der Waals surface area contributed by atoms with Crippen LogP contribution in [0, 0.1) is 0 Å². The lowest BCUT2D eigenvalue weighted by molar-refractivity contribution is 0.0734. The van der Waals surface area contributed by atoms with E-state index in [2.05, 4.69) is 27.3 Å². The van der Waals surface area contributed by atoms with Crippen molar-refractivity contribution in [3.63, 3.8) is 0 Å². The maximum absolute atomic E-state index is 13.0. The van der Waals surface area contributed by atoms with E-state index in [0.717, 1.165) is 30.7 Å². The zero-order chi connectivity index (χ0) is 20.2. The first-order valence-electron chi connectivity index (χ1n) is 10.0. The summed E-state index contributed by atoms with van der Waals surface area (Å²) in [4.78, 5) is 19.4. The number of rotatable bonds is 5. The first-order chi connectivity index (χ1) is 14.2. The number of fused-ring (bicyclic) bond motifs is 1. The fourth-order valence-corrected chi connectivity index (χ4v) is 3.61. The number of nitrogens with zero attached hydrogens (tertiary/aromatic N) is 4. The van der Waals surface area contributed by atoms with Crippen molar-refractivity contribution in [2.45, 2.75) is 39.7 Å². The Morgan fingerprint density at radius 3 is 2.59 bits per heavy atom. The van der Waals surface area contributed by atoms with Crippen LogP contribution in [0.1, 0.15) is 46.7 Å². The van der Waals surface area contributed by atoms with Crippen LogP contribution in [0.25, 0.3) is 0 Å². The maximum atomic E-state index is 13.0. The highest BCUT2D eigenvalue weighted by atomic mass is 16.5. The number of amides is 1. The number of hydrogen-bond donors (Lipinski definition) is 0. The van der Waals surface area contributed by atoms with Gasteiger partial charge in [0.25, 0.3) is 5.91 Å². The molecule has 0 spiro atoms. The lowest BCUT2D eigenvalue weighted by Crippen LogP contribution is -2.35. The van der Waals surface area contributed by atoms with E-state index in [-0.39, 0.29) is 11.9 Å². The van der Waals surface area contributed by atoms with Crippen molar-refractivity contribution in [1.82, 2.24) is 20.1 Å². The predicted molar refractivity (Wildman–Crippen MR) is 110 cm³/mol. The third-order valence-electron chi connectivity index (χ3n) is 5.20. The molecule has 1 aliphatic heterocycles. The summed E-state index contributed by atoms with van der Waals surface area (Å²) in [6.45, 7) is 5.40. The average Bonchev–Trinajstić information content (AvgIpc) is 2.78. The van der Waals surface area contributed by atoms with Gasteiger partial charge in [0.15, 0.2) is 0 Å². The van der Waals surface area contributed by atoms with Crippen LogP contribution in [0.5, 0.6) is 11.8 Å². The molecule has 29 heavy (non-hydrogen) atoms. The van der Waals surface area contributed by atoms with E-state index in [1.165, 1.54) is 11.1 Å². The Bertz CT molecular complexity index is 1030. The molecule has 0 bridgehead atoms. The van der Waals surface area contributed by atoms with Crippen LogP contribution in [0.4, 0.5) is 0 Å². The lowest BCUT2D eigenvalue weighted by atomic mass is 9.99. The summed E-state index contributed by atoms with van der Waals surface area (Å²) < 4.78 is 5.80. The molecule has 1 aliphatic rings. The van der Waals surface area contributed by atoms with E-state index >= 15 is 0 Å². The molecule has 148 valence electrons. The maximum Gasteiger partial charge on any atom is 0.341 e. The molecule has 1 amide bonds. The molecule has 0 saturated carbocycles. The van der Waals surface area contributed by atoms with E-state index in [1.54, 1.807) is 12.1 Å². The Morgan fingerprint density at radius 1 is 1.00 bits per heavy atom. The largest absolute Gasteiger partial charge is 0.423 e. The van der Waals surface area contributed by atoms with Crippen molar-refractivity contribution in [3.05, 3.63) is 76.6 Å². The van der Waals surface area contributed by atoms with Crippen molar-refractivity contribution >= 4 is 5.91 Å². The van der Waals surface area contributed by atoms with Crippen molar-refractivity contribution in [2.75, 3.05) is 6.54 Å². The highest BCUT2D eigenvalue weighted by molar-refractivity contribution is 5.94. The van der Waals surface area contributed by atoms with Gasteiger partial charge >= 0.3 is 6.01 Å². The summed E-state index contributed by atoms with van der Waals surface area (Å²) in [5.74, 6) is 0.529. The number of carbonyl (C=O) groups excluding carboxylic acids is 1. The molecule has 0 fully saturated rings. The fraction of sp³-hybridized carbons (Fsp3) is 0.304. The van der Waals surface area contributed by atoms with Crippen LogP contribution in [0.15, 0.2) is 48.5 Å². The Hall–Kier alpha value is -3.28. The van der Waals surface area contributed by atoms with Crippen LogP contribution >= 0.6 is 0 Å². The van der Waals surface area contributed by atoms with Gasteiger partial charge in [-0.1, -0.05) is 49.3 Å². The summed E-state index contributed by atoms with van der Waals surface area (Å²) >= 11 is 0. The highest BCUT2D eigenvalue weighted by Crippen LogP contribution is 2.23. The van der Waals surface area contributed by atoms with Crippen LogP contribution in [-0.4, -0.2) is 32.5 Å². The minimum absolute atomic E-state index is 0.000394. The summed E-state index contributed by atoms with van der Waals surface area (Å²) in [6, 6.07) is 15.7.